The average molecular weight is 290 g/mol. The van der Waals surface area contributed by atoms with E-state index in [0.717, 1.165) is 0 Å². The van der Waals surface area contributed by atoms with E-state index in [1.54, 1.807) is 0 Å². The van der Waals surface area contributed by atoms with Crippen molar-refractivity contribution in [1.82, 2.24) is 4.98 Å². The maximum Gasteiger partial charge on any atom is 0.573 e. The largest absolute Gasteiger partial charge is 0.573 e. The van der Waals surface area contributed by atoms with Gasteiger partial charge < -0.3 is 15.6 Å². The zero-order valence-corrected chi connectivity index (χ0v) is 9.14. The molecule has 0 aliphatic carbocycles. The molecular weight excluding hydrogens is 282 g/mol. The van der Waals surface area contributed by atoms with Gasteiger partial charge in [0, 0.05) is 12.1 Å². The van der Waals surface area contributed by atoms with Crippen molar-refractivity contribution in [3.63, 3.8) is 0 Å². The minimum atomic E-state index is -5.30. The fourth-order valence-corrected chi connectivity index (χ4v) is 1.44. The highest BCUT2D eigenvalue weighted by Gasteiger charge is 2.42. The number of alkyl halides is 6. The number of hydrogen-bond acceptors (Lipinski definition) is 4. The number of aliphatic hydroxyl groups is 1. The molecule has 0 bridgehead atoms. The molecule has 1 aromatic heterocycles. The second-order valence-corrected chi connectivity index (χ2v) is 3.33. The van der Waals surface area contributed by atoms with Gasteiger partial charge in [-0.25, -0.2) is 0 Å². The number of rotatable bonds is 3. The summed E-state index contributed by atoms with van der Waals surface area (Å²) < 4.78 is 77.7. The van der Waals surface area contributed by atoms with E-state index in [0.29, 0.717) is 0 Å². The quantitative estimate of drug-likeness (QED) is 0.835. The summed E-state index contributed by atoms with van der Waals surface area (Å²) in [6.07, 6.45) is -10.2. The predicted octanol–water partition coefficient (Wildman–Crippen LogP) is 1.95. The fourth-order valence-electron chi connectivity index (χ4n) is 1.44. The summed E-state index contributed by atoms with van der Waals surface area (Å²) in [5.41, 5.74) is 2.19. The Bertz CT molecular complexity index is 457. The van der Waals surface area contributed by atoms with Gasteiger partial charge in [0.2, 0.25) is 0 Å². The molecule has 1 heterocycles. The third-order valence-electron chi connectivity index (χ3n) is 2.10. The van der Waals surface area contributed by atoms with Crippen molar-refractivity contribution < 1.29 is 36.2 Å². The van der Waals surface area contributed by atoms with Gasteiger partial charge in [0.1, 0.15) is 5.56 Å². The van der Waals surface area contributed by atoms with Crippen LogP contribution in [0.1, 0.15) is 16.8 Å². The molecule has 0 aliphatic rings. The molecule has 108 valence electrons. The van der Waals surface area contributed by atoms with E-state index in [-0.39, 0.29) is 6.20 Å². The minimum Gasteiger partial charge on any atom is -0.403 e. The van der Waals surface area contributed by atoms with Crippen molar-refractivity contribution in [3.8, 4) is 5.75 Å². The van der Waals surface area contributed by atoms with Gasteiger partial charge in [-0.2, -0.15) is 13.2 Å². The normalized spacial score (nSPS) is 12.6. The van der Waals surface area contributed by atoms with Crippen LogP contribution in [0.4, 0.5) is 26.3 Å². The molecule has 0 saturated carbocycles. The van der Waals surface area contributed by atoms with Crippen LogP contribution in [0.15, 0.2) is 6.20 Å². The molecule has 0 atom stereocenters. The van der Waals surface area contributed by atoms with E-state index >= 15 is 0 Å². The number of aromatic nitrogens is 1. The summed E-state index contributed by atoms with van der Waals surface area (Å²) in [4.78, 5) is 3.27. The first-order valence-electron chi connectivity index (χ1n) is 4.74. The third kappa shape index (κ3) is 3.70. The maximum atomic E-state index is 12.8. The van der Waals surface area contributed by atoms with Gasteiger partial charge >= 0.3 is 12.5 Å². The second kappa shape index (κ2) is 5.21. The Morgan fingerprint density at radius 3 is 2.16 bits per heavy atom. The van der Waals surface area contributed by atoms with Crippen LogP contribution in [-0.2, 0) is 19.3 Å². The Balaban J connectivity index is 3.48. The zero-order valence-electron chi connectivity index (χ0n) is 9.14. The van der Waals surface area contributed by atoms with E-state index in [9.17, 15) is 26.3 Å². The van der Waals surface area contributed by atoms with Gasteiger partial charge in [-0.05, 0) is 0 Å². The van der Waals surface area contributed by atoms with Gasteiger partial charge in [0.25, 0.3) is 0 Å². The smallest absolute Gasteiger partial charge is 0.403 e. The van der Waals surface area contributed by atoms with Crippen molar-refractivity contribution in [1.29, 1.82) is 0 Å². The molecule has 0 spiro atoms. The number of halogens is 6. The summed E-state index contributed by atoms with van der Waals surface area (Å²) in [7, 11) is 0. The first kappa shape index (κ1) is 15.5. The predicted molar refractivity (Wildman–Crippen MR) is 49.7 cm³/mol. The zero-order chi connectivity index (χ0) is 14.8. The molecule has 0 aromatic carbocycles. The Kier molecular flexibility index (Phi) is 4.25. The molecule has 1 aromatic rings. The van der Waals surface area contributed by atoms with Gasteiger partial charge in [-0.1, -0.05) is 0 Å². The van der Waals surface area contributed by atoms with Crippen LogP contribution in [0, 0.1) is 0 Å². The molecular formula is C9H8F6N2O2. The van der Waals surface area contributed by atoms with Gasteiger partial charge in [-0.3, -0.25) is 4.98 Å². The molecule has 3 N–H and O–H groups in total. The molecule has 0 saturated heterocycles. The molecule has 1 rings (SSSR count). The second-order valence-electron chi connectivity index (χ2n) is 3.33. The van der Waals surface area contributed by atoms with Crippen LogP contribution in [0.5, 0.6) is 5.75 Å². The fraction of sp³-hybridized carbons (Fsp3) is 0.444. The number of pyridine rings is 1. The van der Waals surface area contributed by atoms with Crippen LogP contribution in [0.3, 0.4) is 0 Å². The number of hydrogen-bond donors (Lipinski definition) is 2. The van der Waals surface area contributed by atoms with Gasteiger partial charge in [0.05, 0.1) is 18.5 Å². The summed E-state index contributed by atoms with van der Waals surface area (Å²) >= 11 is 0. The lowest BCUT2D eigenvalue weighted by Crippen LogP contribution is -2.23. The summed E-state index contributed by atoms with van der Waals surface area (Å²) in [5, 5.41) is 8.81. The third-order valence-corrected chi connectivity index (χ3v) is 2.10. The van der Waals surface area contributed by atoms with E-state index in [1.807, 2.05) is 0 Å². The lowest BCUT2D eigenvalue weighted by Gasteiger charge is -2.19. The van der Waals surface area contributed by atoms with E-state index < -0.39 is 48.3 Å². The highest BCUT2D eigenvalue weighted by Crippen LogP contribution is 2.41. The molecule has 0 fully saturated rings. The standard InChI is InChI=1S/C9H8F6N2O2/c10-8(11,12)7-4(1-16)5(3-18)17-2-6(7)19-9(13,14)15/h2,18H,1,3,16H2. The molecule has 4 nitrogen and oxygen atoms in total. The van der Waals surface area contributed by atoms with Gasteiger partial charge in [0.15, 0.2) is 5.75 Å². The van der Waals surface area contributed by atoms with Crippen molar-refractivity contribution in [2.24, 2.45) is 5.73 Å². The van der Waals surface area contributed by atoms with Crippen LogP contribution in [0.2, 0.25) is 0 Å². The van der Waals surface area contributed by atoms with Crippen molar-refractivity contribution >= 4 is 0 Å². The SMILES string of the molecule is NCc1c(CO)ncc(OC(F)(F)F)c1C(F)(F)F. The Morgan fingerprint density at radius 1 is 1.21 bits per heavy atom. The number of aliphatic hydroxyl groups excluding tert-OH is 1. The summed E-state index contributed by atoms with van der Waals surface area (Å²) in [6.45, 7) is -1.63. The topological polar surface area (TPSA) is 68.4 Å². The molecule has 0 unspecified atom stereocenters. The van der Waals surface area contributed by atoms with Crippen LogP contribution >= 0.6 is 0 Å². The molecule has 10 heteroatoms. The molecule has 0 radical (unpaired) electrons. The highest BCUT2D eigenvalue weighted by atomic mass is 19.4. The van der Waals surface area contributed by atoms with Crippen molar-refractivity contribution in [2.75, 3.05) is 0 Å². The maximum absolute atomic E-state index is 12.8. The number of ether oxygens (including phenoxy) is 1. The van der Waals surface area contributed by atoms with Crippen LogP contribution in [0.25, 0.3) is 0 Å². The molecule has 19 heavy (non-hydrogen) atoms. The Labute approximate surface area is 102 Å². The minimum absolute atomic E-state index is 0.251. The van der Waals surface area contributed by atoms with E-state index in [4.69, 9.17) is 10.8 Å². The lowest BCUT2D eigenvalue weighted by molar-refractivity contribution is -0.276. The van der Waals surface area contributed by atoms with Crippen LogP contribution in [-0.4, -0.2) is 16.5 Å². The lowest BCUT2D eigenvalue weighted by atomic mass is 10.1. The first-order valence-corrected chi connectivity index (χ1v) is 4.74. The highest BCUT2D eigenvalue weighted by molar-refractivity contribution is 5.43. The van der Waals surface area contributed by atoms with E-state index in [2.05, 4.69) is 9.72 Å². The van der Waals surface area contributed by atoms with E-state index in [1.165, 1.54) is 0 Å². The number of nitrogens with zero attached hydrogens (tertiary/aromatic N) is 1. The van der Waals surface area contributed by atoms with Crippen molar-refractivity contribution in [2.45, 2.75) is 25.7 Å². The van der Waals surface area contributed by atoms with Gasteiger partial charge in [-0.15, -0.1) is 13.2 Å². The van der Waals surface area contributed by atoms with Crippen molar-refractivity contribution in [3.05, 3.63) is 23.0 Å². The molecule has 0 aliphatic heterocycles. The summed E-state index contributed by atoms with van der Waals surface area (Å²) in [5.74, 6) is -1.50. The summed E-state index contributed by atoms with van der Waals surface area (Å²) in [6, 6.07) is 0. The van der Waals surface area contributed by atoms with Crippen LogP contribution < -0.4 is 10.5 Å². The first-order chi connectivity index (χ1) is 8.60. The Morgan fingerprint density at radius 2 is 1.79 bits per heavy atom. The monoisotopic (exact) mass is 290 g/mol. The average Bonchev–Trinajstić information content (AvgIpc) is 2.24. The Hall–Kier alpha value is -1.55. The molecule has 0 amide bonds. The number of nitrogens with two attached hydrogens (primary N) is 1.